The van der Waals surface area contributed by atoms with Crippen molar-refractivity contribution in [3.8, 4) is 0 Å². The van der Waals surface area contributed by atoms with Crippen LogP contribution in [0.5, 0.6) is 0 Å². The molecular formula is C12H18ClNOS. The molecule has 0 bridgehead atoms. The van der Waals surface area contributed by atoms with E-state index < -0.39 is 0 Å². The number of alkyl halides is 1. The molecule has 1 aromatic heterocycles. The van der Waals surface area contributed by atoms with E-state index in [1.807, 2.05) is 11.4 Å². The van der Waals surface area contributed by atoms with Crippen molar-refractivity contribution >= 4 is 28.8 Å². The fraction of sp³-hybridized carbons (Fsp3) is 0.583. The van der Waals surface area contributed by atoms with Gasteiger partial charge < -0.3 is 5.32 Å². The maximum absolute atomic E-state index is 11.6. The molecule has 1 N–H and O–H groups in total. The third-order valence-electron chi connectivity index (χ3n) is 2.42. The van der Waals surface area contributed by atoms with Gasteiger partial charge in [0, 0.05) is 17.2 Å². The van der Waals surface area contributed by atoms with E-state index in [0.717, 1.165) is 19.3 Å². The van der Waals surface area contributed by atoms with E-state index in [1.54, 1.807) is 11.3 Å². The van der Waals surface area contributed by atoms with E-state index in [-0.39, 0.29) is 11.9 Å². The van der Waals surface area contributed by atoms with Crippen molar-refractivity contribution < 1.29 is 4.79 Å². The zero-order valence-corrected chi connectivity index (χ0v) is 11.1. The average molecular weight is 260 g/mol. The quantitative estimate of drug-likeness (QED) is 0.587. The van der Waals surface area contributed by atoms with Crippen molar-refractivity contribution in [3.63, 3.8) is 0 Å². The van der Waals surface area contributed by atoms with E-state index in [9.17, 15) is 4.79 Å². The number of halogens is 1. The summed E-state index contributed by atoms with van der Waals surface area (Å²) < 4.78 is 0. The predicted octanol–water partition coefficient (Wildman–Crippen LogP) is 3.72. The van der Waals surface area contributed by atoms with Crippen molar-refractivity contribution in [2.24, 2.45) is 0 Å². The summed E-state index contributed by atoms with van der Waals surface area (Å²) in [5.74, 6) is 0.764. The van der Waals surface area contributed by atoms with Gasteiger partial charge in [0.15, 0.2) is 0 Å². The van der Waals surface area contributed by atoms with Gasteiger partial charge in [-0.05, 0) is 30.7 Å². The van der Waals surface area contributed by atoms with Crippen molar-refractivity contribution in [2.75, 3.05) is 5.88 Å². The second-order valence-electron chi connectivity index (χ2n) is 3.69. The molecule has 0 radical (unpaired) electrons. The first kappa shape index (κ1) is 13.5. The highest BCUT2D eigenvalue weighted by molar-refractivity contribution is 7.10. The first-order valence-corrected chi connectivity index (χ1v) is 7.08. The smallest absolute Gasteiger partial charge is 0.220 e. The normalized spacial score (nSPS) is 12.4. The summed E-state index contributed by atoms with van der Waals surface area (Å²) in [4.78, 5) is 12.9. The van der Waals surface area contributed by atoms with Crippen molar-refractivity contribution in [2.45, 2.75) is 38.6 Å². The van der Waals surface area contributed by atoms with Crippen LogP contribution in [0, 0.1) is 0 Å². The third-order valence-corrected chi connectivity index (χ3v) is 3.67. The van der Waals surface area contributed by atoms with Crippen LogP contribution in [0.15, 0.2) is 17.5 Å². The molecular weight excluding hydrogens is 242 g/mol. The van der Waals surface area contributed by atoms with E-state index in [0.29, 0.717) is 12.3 Å². The van der Waals surface area contributed by atoms with Gasteiger partial charge in [0.05, 0.1) is 6.04 Å². The predicted molar refractivity (Wildman–Crippen MR) is 70.1 cm³/mol. The molecule has 16 heavy (non-hydrogen) atoms. The van der Waals surface area contributed by atoms with Crippen molar-refractivity contribution in [3.05, 3.63) is 22.4 Å². The lowest BCUT2D eigenvalue weighted by Gasteiger charge is -2.15. The Balaban J connectivity index is 2.36. The Kier molecular flexibility index (Phi) is 6.50. The lowest BCUT2D eigenvalue weighted by atomic mass is 10.1. The molecule has 90 valence electrons. The number of rotatable bonds is 7. The summed E-state index contributed by atoms with van der Waals surface area (Å²) in [6.45, 7) is 2.09. The Labute approximate surface area is 106 Å². The molecule has 0 aromatic carbocycles. The molecule has 0 aliphatic carbocycles. The summed E-state index contributed by atoms with van der Waals surface area (Å²) in [6.07, 6.45) is 3.29. The summed E-state index contributed by atoms with van der Waals surface area (Å²) >= 11 is 7.26. The van der Waals surface area contributed by atoms with E-state index in [1.165, 1.54) is 4.88 Å². The topological polar surface area (TPSA) is 29.1 Å². The van der Waals surface area contributed by atoms with Gasteiger partial charge in [-0.15, -0.1) is 22.9 Å². The summed E-state index contributed by atoms with van der Waals surface area (Å²) in [6, 6.07) is 4.25. The Hall–Kier alpha value is -0.540. The van der Waals surface area contributed by atoms with Crippen molar-refractivity contribution in [1.29, 1.82) is 0 Å². The van der Waals surface area contributed by atoms with E-state index >= 15 is 0 Å². The van der Waals surface area contributed by atoms with Gasteiger partial charge in [-0.2, -0.15) is 0 Å². The monoisotopic (exact) mass is 259 g/mol. The molecule has 1 amide bonds. The maximum atomic E-state index is 11.6. The molecule has 0 fully saturated rings. The molecule has 4 heteroatoms. The summed E-state index contributed by atoms with van der Waals surface area (Å²) in [5, 5.41) is 5.10. The van der Waals surface area contributed by atoms with Crippen molar-refractivity contribution in [1.82, 2.24) is 5.32 Å². The molecule has 1 aromatic rings. The number of amides is 1. The Morgan fingerprint density at radius 3 is 2.94 bits per heavy atom. The maximum Gasteiger partial charge on any atom is 0.220 e. The highest BCUT2D eigenvalue weighted by Crippen LogP contribution is 2.21. The molecule has 1 heterocycles. The van der Waals surface area contributed by atoms with Crippen LogP contribution in [-0.2, 0) is 4.79 Å². The zero-order valence-electron chi connectivity index (χ0n) is 9.54. The number of nitrogens with one attached hydrogen (secondary N) is 1. The summed E-state index contributed by atoms with van der Waals surface area (Å²) in [5.41, 5.74) is 0. The van der Waals surface area contributed by atoms with Crippen LogP contribution in [0.25, 0.3) is 0 Å². The minimum absolute atomic E-state index is 0.130. The number of hydrogen-bond donors (Lipinski definition) is 1. The van der Waals surface area contributed by atoms with Gasteiger partial charge in [0.25, 0.3) is 0 Å². The van der Waals surface area contributed by atoms with Crippen LogP contribution < -0.4 is 5.32 Å². The molecule has 1 unspecified atom stereocenters. The van der Waals surface area contributed by atoms with Crippen LogP contribution in [0.2, 0.25) is 0 Å². The first-order chi connectivity index (χ1) is 7.77. The van der Waals surface area contributed by atoms with E-state index in [4.69, 9.17) is 11.6 Å². The molecule has 2 nitrogen and oxygen atoms in total. The fourth-order valence-electron chi connectivity index (χ4n) is 1.51. The Morgan fingerprint density at radius 2 is 2.38 bits per heavy atom. The molecule has 0 spiro atoms. The minimum atomic E-state index is 0.130. The third kappa shape index (κ3) is 4.54. The Morgan fingerprint density at radius 1 is 1.56 bits per heavy atom. The first-order valence-electron chi connectivity index (χ1n) is 5.66. The minimum Gasteiger partial charge on any atom is -0.348 e. The van der Waals surface area contributed by atoms with Gasteiger partial charge >= 0.3 is 0 Å². The molecule has 1 atom stereocenters. The highest BCUT2D eigenvalue weighted by Gasteiger charge is 2.12. The Bertz CT molecular complexity index is 300. The van der Waals surface area contributed by atoms with Gasteiger partial charge in [0.2, 0.25) is 5.91 Å². The zero-order chi connectivity index (χ0) is 11.8. The number of thiophene rings is 1. The molecule has 0 saturated heterocycles. The number of hydrogen-bond acceptors (Lipinski definition) is 2. The van der Waals surface area contributed by atoms with Gasteiger partial charge in [-0.25, -0.2) is 0 Å². The second-order valence-corrected chi connectivity index (χ2v) is 5.05. The van der Waals surface area contributed by atoms with Crippen LogP contribution >= 0.6 is 22.9 Å². The van der Waals surface area contributed by atoms with Crippen LogP contribution in [0.3, 0.4) is 0 Å². The van der Waals surface area contributed by atoms with Gasteiger partial charge in [-0.1, -0.05) is 13.0 Å². The molecule has 0 aliphatic heterocycles. The van der Waals surface area contributed by atoms with Crippen LogP contribution in [0.1, 0.15) is 43.5 Å². The number of unbranched alkanes of at least 4 members (excludes halogenated alkanes) is 1. The largest absolute Gasteiger partial charge is 0.348 e. The average Bonchev–Trinajstić information content (AvgIpc) is 2.79. The summed E-state index contributed by atoms with van der Waals surface area (Å²) in [7, 11) is 0. The van der Waals surface area contributed by atoms with Crippen LogP contribution in [0.4, 0.5) is 0 Å². The van der Waals surface area contributed by atoms with Crippen LogP contribution in [-0.4, -0.2) is 11.8 Å². The SMILES string of the molecule is CCC(NC(=O)CCCCCl)c1cccs1. The molecule has 0 aliphatic rings. The molecule has 1 rings (SSSR count). The highest BCUT2D eigenvalue weighted by atomic mass is 35.5. The van der Waals surface area contributed by atoms with Gasteiger partial charge in [0.1, 0.15) is 0 Å². The lowest BCUT2D eigenvalue weighted by Crippen LogP contribution is -2.27. The fourth-order valence-corrected chi connectivity index (χ4v) is 2.56. The van der Waals surface area contributed by atoms with Gasteiger partial charge in [-0.3, -0.25) is 4.79 Å². The number of carbonyl (C=O) groups is 1. The molecule has 0 saturated carbocycles. The second kappa shape index (κ2) is 7.69. The lowest BCUT2D eigenvalue weighted by molar-refractivity contribution is -0.121. The van der Waals surface area contributed by atoms with E-state index in [2.05, 4.69) is 18.3 Å². The number of carbonyl (C=O) groups excluding carboxylic acids is 1. The standard InChI is InChI=1S/C12H18ClNOS/c1-2-10(11-6-5-9-16-11)14-12(15)7-3-4-8-13/h5-6,9-10H,2-4,7-8H2,1H3,(H,14,15).